The van der Waals surface area contributed by atoms with E-state index in [1.807, 2.05) is 6.07 Å². The van der Waals surface area contributed by atoms with Crippen LogP contribution in [0.4, 0.5) is 5.82 Å². The van der Waals surface area contributed by atoms with Crippen LogP contribution in [0, 0.1) is 5.92 Å². The number of carbonyl (C=O) groups excluding carboxylic acids is 1. The van der Waals surface area contributed by atoms with Crippen LogP contribution in [-0.4, -0.2) is 56.5 Å². The van der Waals surface area contributed by atoms with Gasteiger partial charge in [0.05, 0.1) is 19.0 Å². The minimum Gasteiger partial charge on any atom is -0.463 e. The number of hydrogen-bond acceptors (Lipinski definition) is 7. The lowest BCUT2D eigenvalue weighted by atomic mass is 9.97. The SMILES string of the molecule is O=C(NCc1ccc(CN2CCCCCC2)o1)[C@H]1CCCN(c2ncnc3c2nc2n3CCCCC2)C1. The molecule has 198 valence electrons. The molecule has 6 rings (SSSR count). The molecule has 6 heterocycles. The van der Waals surface area contributed by atoms with Crippen molar-refractivity contribution in [3.63, 3.8) is 0 Å². The van der Waals surface area contributed by atoms with Gasteiger partial charge in [0, 0.05) is 26.1 Å². The summed E-state index contributed by atoms with van der Waals surface area (Å²) in [6, 6.07) is 4.06. The average molecular weight is 506 g/mol. The first-order valence-corrected chi connectivity index (χ1v) is 14.3. The number of imidazole rings is 1. The second-order valence-corrected chi connectivity index (χ2v) is 10.9. The van der Waals surface area contributed by atoms with Gasteiger partial charge >= 0.3 is 0 Å². The highest BCUT2D eigenvalue weighted by atomic mass is 16.3. The number of hydrogen-bond donors (Lipinski definition) is 1. The zero-order chi connectivity index (χ0) is 25.0. The number of aryl methyl sites for hydroxylation is 2. The van der Waals surface area contributed by atoms with Crippen molar-refractivity contribution >= 4 is 22.9 Å². The number of carbonyl (C=O) groups is 1. The van der Waals surface area contributed by atoms with E-state index < -0.39 is 0 Å². The normalized spacial score (nSPS) is 21.4. The van der Waals surface area contributed by atoms with Crippen LogP contribution in [0.5, 0.6) is 0 Å². The molecule has 37 heavy (non-hydrogen) atoms. The Labute approximate surface area is 218 Å². The minimum atomic E-state index is -0.0780. The van der Waals surface area contributed by atoms with Crippen molar-refractivity contribution < 1.29 is 9.21 Å². The molecule has 0 aliphatic carbocycles. The third-order valence-corrected chi connectivity index (χ3v) is 8.20. The van der Waals surface area contributed by atoms with Crippen molar-refractivity contribution in [2.45, 2.75) is 83.8 Å². The Bertz CT molecular complexity index is 1210. The van der Waals surface area contributed by atoms with E-state index in [9.17, 15) is 4.79 Å². The van der Waals surface area contributed by atoms with Crippen LogP contribution < -0.4 is 10.2 Å². The number of nitrogens with zero attached hydrogens (tertiary/aromatic N) is 6. The summed E-state index contributed by atoms with van der Waals surface area (Å²) in [6.45, 7) is 6.09. The van der Waals surface area contributed by atoms with Crippen LogP contribution in [-0.2, 0) is 30.8 Å². The van der Waals surface area contributed by atoms with Crippen molar-refractivity contribution in [2.75, 3.05) is 31.1 Å². The Morgan fingerprint density at radius 1 is 0.946 bits per heavy atom. The topological polar surface area (TPSA) is 92.3 Å². The number of nitrogens with one attached hydrogen (secondary N) is 1. The Hall–Kier alpha value is -2.94. The first kappa shape index (κ1) is 24.4. The lowest BCUT2D eigenvalue weighted by Gasteiger charge is -2.32. The number of likely N-dealkylation sites (tertiary alicyclic amines) is 1. The Morgan fingerprint density at radius 3 is 2.65 bits per heavy atom. The molecule has 0 radical (unpaired) electrons. The predicted molar refractivity (Wildman–Crippen MR) is 142 cm³/mol. The van der Waals surface area contributed by atoms with Gasteiger partial charge in [-0.1, -0.05) is 19.3 Å². The lowest BCUT2D eigenvalue weighted by Crippen LogP contribution is -2.43. The van der Waals surface area contributed by atoms with E-state index in [-0.39, 0.29) is 11.8 Å². The van der Waals surface area contributed by atoms with Gasteiger partial charge in [-0.25, -0.2) is 15.0 Å². The van der Waals surface area contributed by atoms with Gasteiger partial charge < -0.3 is 19.2 Å². The number of rotatable bonds is 6. The average Bonchev–Trinajstić information content (AvgIpc) is 3.31. The lowest BCUT2D eigenvalue weighted by molar-refractivity contribution is -0.125. The van der Waals surface area contributed by atoms with Crippen LogP contribution in [0.1, 0.15) is 75.1 Å². The van der Waals surface area contributed by atoms with E-state index in [0.717, 1.165) is 86.3 Å². The van der Waals surface area contributed by atoms with Gasteiger partial charge in [0.2, 0.25) is 5.91 Å². The number of aromatic nitrogens is 4. The zero-order valence-corrected chi connectivity index (χ0v) is 21.8. The first-order chi connectivity index (χ1) is 18.2. The third-order valence-electron chi connectivity index (χ3n) is 8.20. The fourth-order valence-electron chi connectivity index (χ4n) is 6.18. The standard InChI is InChI=1S/C28H39N7O2/c36-28(29-17-22-11-12-23(37-22)19-33-13-5-1-2-6-14-33)21-9-8-15-34(18-21)26-25-27(31-20-30-26)35-16-7-3-4-10-24(35)32-25/h11-12,20-21H,1-10,13-19H2,(H,29,36)/t21-/m0/s1. The largest absolute Gasteiger partial charge is 0.463 e. The summed E-state index contributed by atoms with van der Waals surface area (Å²) >= 11 is 0. The van der Waals surface area contributed by atoms with Crippen LogP contribution in [0.2, 0.25) is 0 Å². The first-order valence-electron chi connectivity index (χ1n) is 14.3. The van der Waals surface area contributed by atoms with Gasteiger partial charge in [0.1, 0.15) is 23.7 Å². The molecule has 2 fully saturated rings. The third kappa shape index (κ3) is 5.51. The second-order valence-electron chi connectivity index (χ2n) is 10.9. The Kier molecular flexibility index (Phi) is 7.39. The number of anilines is 1. The van der Waals surface area contributed by atoms with Gasteiger partial charge in [-0.3, -0.25) is 9.69 Å². The van der Waals surface area contributed by atoms with Crippen molar-refractivity contribution in [1.29, 1.82) is 0 Å². The smallest absolute Gasteiger partial charge is 0.225 e. The van der Waals surface area contributed by atoms with Crippen molar-refractivity contribution in [3.05, 3.63) is 35.8 Å². The molecule has 9 heteroatoms. The van der Waals surface area contributed by atoms with E-state index in [1.54, 1.807) is 6.33 Å². The van der Waals surface area contributed by atoms with Gasteiger partial charge in [0.25, 0.3) is 0 Å². The van der Waals surface area contributed by atoms with Crippen LogP contribution >= 0.6 is 0 Å². The highest BCUT2D eigenvalue weighted by Crippen LogP contribution is 2.29. The number of piperidine rings is 1. The summed E-state index contributed by atoms with van der Waals surface area (Å²) in [6.07, 6.45) is 13.3. The molecular weight excluding hydrogens is 466 g/mol. The molecule has 9 nitrogen and oxygen atoms in total. The van der Waals surface area contributed by atoms with Crippen molar-refractivity contribution in [2.24, 2.45) is 5.92 Å². The highest BCUT2D eigenvalue weighted by molar-refractivity contribution is 5.85. The molecular formula is C28H39N7O2. The molecule has 3 aliphatic rings. The number of amides is 1. The van der Waals surface area contributed by atoms with Crippen LogP contribution in [0.3, 0.4) is 0 Å². The molecule has 1 N–H and O–H groups in total. The van der Waals surface area contributed by atoms with Crippen molar-refractivity contribution in [1.82, 2.24) is 29.7 Å². The summed E-state index contributed by atoms with van der Waals surface area (Å²) in [4.78, 5) is 32.0. The Balaban J connectivity index is 1.07. The molecule has 1 atom stereocenters. The van der Waals surface area contributed by atoms with Crippen molar-refractivity contribution in [3.8, 4) is 0 Å². The summed E-state index contributed by atoms with van der Waals surface area (Å²) < 4.78 is 8.33. The highest BCUT2D eigenvalue weighted by Gasteiger charge is 2.29. The van der Waals surface area contributed by atoms with Gasteiger partial charge in [-0.2, -0.15) is 0 Å². The van der Waals surface area contributed by atoms with E-state index in [4.69, 9.17) is 9.40 Å². The Morgan fingerprint density at radius 2 is 1.76 bits per heavy atom. The molecule has 1 amide bonds. The summed E-state index contributed by atoms with van der Waals surface area (Å²) in [5.74, 6) is 3.80. The molecule has 0 saturated carbocycles. The monoisotopic (exact) mass is 505 g/mol. The van der Waals surface area contributed by atoms with Crippen LogP contribution in [0.15, 0.2) is 22.9 Å². The molecule has 2 saturated heterocycles. The fourth-order valence-corrected chi connectivity index (χ4v) is 6.18. The molecule has 0 bridgehead atoms. The van der Waals surface area contributed by atoms with Crippen LogP contribution in [0.25, 0.3) is 11.2 Å². The summed E-state index contributed by atoms with van der Waals surface area (Å²) in [7, 11) is 0. The van der Waals surface area contributed by atoms with Gasteiger partial charge in [-0.05, 0) is 63.7 Å². The second kappa shape index (κ2) is 11.2. The zero-order valence-electron chi connectivity index (χ0n) is 21.8. The van der Waals surface area contributed by atoms with E-state index in [0.29, 0.717) is 13.1 Å². The molecule has 3 aromatic rings. The maximum atomic E-state index is 13.1. The minimum absolute atomic E-state index is 0.0780. The van der Waals surface area contributed by atoms with E-state index in [1.165, 1.54) is 44.9 Å². The van der Waals surface area contributed by atoms with E-state index in [2.05, 4.69) is 35.7 Å². The summed E-state index contributed by atoms with van der Waals surface area (Å²) in [5, 5.41) is 3.13. The maximum absolute atomic E-state index is 13.1. The quantitative estimate of drug-likeness (QED) is 0.540. The van der Waals surface area contributed by atoms with Gasteiger partial charge in [-0.15, -0.1) is 0 Å². The van der Waals surface area contributed by atoms with Gasteiger partial charge in [0.15, 0.2) is 17.0 Å². The summed E-state index contributed by atoms with van der Waals surface area (Å²) in [5.41, 5.74) is 1.82. The molecule has 0 spiro atoms. The fraction of sp³-hybridized carbons (Fsp3) is 0.643. The van der Waals surface area contributed by atoms with E-state index >= 15 is 0 Å². The maximum Gasteiger partial charge on any atom is 0.225 e. The molecule has 0 unspecified atom stereocenters. The molecule has 3 aromatic heterocycles. The molecule has 0 aromatic carbocycles. The number of furan rings is 1. The predicted octanol–water partition coefficient (Wildman–Crippen LogP) is 4.05. The number of fused-ring (bicyclic) bond motifs is 3. The molecule has 3 aliphatic heterocycles.